The molecule has 1 atom stereocenters. The van der Waals surface area contributed by atoms with Gasteiger partial charge in [-0.2, -0.15) is 0 Å². The highest BCUT2D eigenvalue weighted by atomic mass is 32.2. The topological polar surface area (TPSA) is 86.9 Å². The summed E-state index contributed by atoms with van der Waals surface area (Å²) >= 11 is 0. The van der Waals surface area contributed by atoms with Crippen LogP contribution in [0.3, 0.4) is 0 Å². The lowest BCUT2D eigenvalue weighted by molar-refractivity contribution is 0.489. The van der Waals surface area contributed by atoms with Crippen LogP contribution < -0.4 is 10.0 Å². The number of aryl methyl sites for hydroxylation is 1. The van der Waals surface area contributed by atoms with Gasteiger partial charge in [0.15, 0.2) is 0 Å². The van der Waals surface area contributed by atoms with Gasteiger partial charge in [-0.3, -0.25) is 0 Å². The summed E-state index contributed by atoms with van der Waals surface area (Å²) in [5.74, 6) is 0.897. The molecule has 0 radical (unpaired) electrons. The maximum Gasteiger partial charge on any atom is 0.215 e. The summed E-state index contributed by atoms with van der Waals surface area (Å²) < 4.78 is 26.6. The van der Waals surface area contributed by atoms with E-state index >= 15 is 0 Å². The van der Waals surface area contributed by atoms with Crippen molar-refractivity contribution in [3.63, 3.8) is 0 Å². The lowest BCUT2D eigenvalue weighted by atomic mass is 10.2. The van der Waals surface area contributed by atoms with Crippen LogP contribution in [0.25, 0.3) is 0 Å². The number of sulfonamides is 1. The normalized spacial score (nSPS) is 21.0. The van der Waals surface area contributed by atoms with E-state index in [-0.39, 0.29) is 5.25 Å². The molecule has 0 spiro atoms. The molecule has 3 N–H and O–H groups in total. The minimum Gasteiger partial charge on any atom is -0.349 e. The molecule has 0 bridgehead atoms. The average Bonchev–Trinajstić information content (AvgIpc) is 2.89. The highest BCUT2D eigenvalue weighted by Crippen LogP contribution is 2.10. The molecule has 2 heterocycles. The second kappa shape index (κ2) is 6.31. The number of piperidine rings is 1. The number of nitrogens with zero attached hydrogens (tertiary/aromatic N) is 1. The number of imidazole rings is 1. The van der Waals surface area contributed by atoms with Crippen LogP contribution in [-0.2, 0) is 16.4 Å². The predicted molar refractivity (Wildman–Crippen MR) is 69.7 cm³/mol. The Hall–Kier alpha value is -0.920. The summed E-state index contributed by atoms with van der Waals surface area (Å²) in [6.07, 6.45) is 6.67. The van der Waals surface area contributed by atoms with E-state index in [1.54, 1.807) is 12.4 Å². The van der Waals surface area contributed by atoms with Gasteiger partial charge in [0.25, 0.3) is 0 Å². The molecule has 0 aliphatic carbocycles. The molecular formula is C11H20N4O2S. The summed E-state index contributed by atoms with van der Waals surface area (Å²) in [6.45, 7) is 1.96. The number of aromatic nitrogens is 2. The van der Waals surface area contributed by atoms with Crippen LogP contribution in [0.5, 0.6) is 0 Å². The zero-order valence-corrected chi connectivity index (χ0v) is 11.2. The average molecular weight is 272 g/mol. The summed E-state index contributed by atoms with van der Waals surface area (Å²) in [5, 5.41) is 2.84. The van der Waals surface area contributed by atoms with Gasteiger partial charge in [0.2, 0.25) is 10.0 Å². The van der Waals surface area contributed by atoms with Crippen LogP contribution in [0.2, 0.25) is 0 Å². The smallest absolute Gasteiger partial charge is 0.215 e. The maximum absolute atomic E-state index is 12.0. The molecule has 1 fully saturated rings. The first kappa shape index (κ1) is 13.5. The van der Waals surface area contributed by atoms with Gasteiger partial charge in [-0.25, -0.2) is 18.1 Å². The predicted octanol–water partition coefficient (Wildman–Crippen LogP) is 0.0137. The fourth-order valence-electron chi connectivity index (χ4n) is 2.11. The molecule has 1 aliphatic rings. The van der Waals surface area contributed by atoms with Crippen LogP contribution in [0, 0.1) is 0 Å². The quantitative estimate of drug-likeness (QED) is 0.637. The Bertz CT molecular complexity index is 438. The van der Waals surface area contributed by atoms with Gasteiger partial charge in [0.05, 0.1) is 5.25 Å². The Morgan fingerprint density at radius 1 is 1.50 bits per heavy atom. The minimum absolute atomic E-state index is 0.283. The van der Waals surface area contributed by atoms with E-state index in [2.05, 4.69) is 20.0 Å². The van der Waals surface area contributed by atoms with Gasteiger partial charge in [-0.05, 0) is 25.8 Å². The van der Waals surface area contributed by atoms with Gasteiger partial charge < -0.3 is 10.3 Å². The van der Waals surface area contributed by atoms with Gasteiger partial charge in [-0.1, -0.05) is 0 Å². The number of nitrogens with one attached hydrogen (secondary N) is 3. The van der Waals surface area contributed by atoms with Crippen molar-refractivity contribution >= 4 is 10.0 Å². The Morgan fingerprint density at radius 3 is 3.06 bits per heavy atom. The summed E-state index contributed by atoms with van der Waals surface area (Å²) in [4.78, 5) is 7.10. The Labute approximate surface area is 108 Å². The first-order valence-electron chi connectivity index (χ1n) is 6.36. The lowest BCUT2D eigenvalue weighted by Crippen LogP contribution is -2.44. The molecule has 0 aromatic carbocycles. The van der Waals surface area contributed by atoms with Crippen molar-refractivity contribution in [2.75, 3.05) is 19.6 Å². The molecule has 6 nitrogen and oxygen atoms in total. The molecule has 18 heavy (non-hydrogen) atoms. The second-order valence-electron chi connectivity index (χ2n) is 4.55. The maximum atomic E-state index is 12.0. The molecule has 0 saturated carbocycles. The number of hydrogen-bond acceptors (Lipinski definition) is 4. The van der Waals surface area contributed by atoms with Gasteiger partial charge in [0.1, 0.15) is 5.82 Å². The van der Waals surface area contributed by atoms with Gasteiger partial charge in [-0.15, -0.1) is 0 Å². The third kappa shape index (κ3) is 3.79. The molecule has 1 aromatic rings. The summed E-state index contributed by atoms with van der Waals surface area (Å²) in [7, 11) is -3.17. The van der Waals surface area contributed by atoms with E-state index in [4.69, 9.17) is 0 Å². The van der Waals surface area contributed by atoms with Crippen LogP contribution >= 0.6 is 0 Å². The third-order valence-electron chi connectivity index (χ3n) is 3.14. The fraction of sp³-hybridized carbons (Fsp3) is 0.727. The Balaban J connectivity index is 1.71. The highest BCUT2D eigenvalue weighted by Gasteiger charge is 2.26. The first-order chi connectivity index (χ1) is 8.68. The van der Waals surface area contributed by atoms with Crippen molar-refractivity contribution in [3.05, 3.63) is 18.2 Å². The largest absolute Gasteiger partial charge is 0.349 e. The lowest BCUT2D eigenvalue weighted by Gasteiger charge is -2.22. The van der Waals surface area contributed by atoms with Crippen molar-refractivity contribution in [1.82, 2.24) is 20.0 Å². The molecule has 102 valence electrons. The zero-order chi connectivity index (χ0) is 12.8. The summed E-state index contributed by atoms with van der Waals surface area (Å²) in [6, 6.07) is 0. The SMILES string of the molecule is O=S(=O)(NCCCc1ncc[nH]1)C1CCCNC1. The van der Waals surface area contributed by atoms with Crippen LogP contribution in [0.1, 0.15) is 25.1 Å². The molecule has 2 rings (SSSR count). The molecule has 1 aromatic heterocycles. The van der Waals surface area contributed by atoms with E-state index < -0.39 is 10.0 Å². The van der Waals surface area contributed by atoms with E-state index in [0.29, 0.717) is 13.1 Å². The fourth-order valence-corrected chi connectivity index (χ4v) is 3.59. The highest BCUT2D eigenvalue weighted by molar-refractivity contribution is 7.90. The second-order valence-corrected chi connectivity index (χ2v) is 6.59. The minimum atomic E-state index is -3.17. The molecular weight excluding hydrogens is 252 g/mol. The number of rotatable bonds is 6. The van der Waals surface area contributed by atoms with Crippen molar-refractivity contribution < 1.29 is 8.42 Å². The van der Waals surface area contributed by atoms with E-state index in [0.717, 1.165) is 38.1 Å². The van der Waals surface area contributed by atoms with Crippen molar-refractivity contribution in [2.45, 2.75) is 30.9 Å². The summed E-state index contributed by atoms with van der Waals surface area (Å²) in [5.41, 5.74) is 0. The Kier molecular flexibility index (Phi) is 4.73. The number of H-pyrrole nitrogens is 1. The zero-order valence-electron chi connectivity index (χ0n) is 10.4. The van der Waals surface area contributed by atoms with Crippen LogP contribution in [-0.4, -0.2) is 43.3 Å². The van der Waals surface area contributed by atoms with Crippen LogP contribution in [0.15, 0.2) is 12.4 Å². The van der Waals surface area contributed by atoms with Gasteiger partial charge in [0, 0.05) is 31.9 Å². The van der Waals surface area contributed by atoms with Gasteiger partial charge >= 0.3 is 0 Å². The number of hydrogen-bond donors (Lipinski definition) is 3. The van der Waals surface area contributed by atoms with E-state index in [9.17, 15) is 8.42 Å². The van der Waals surface area contributed by atoms with Crippen molar-refractivity contribution in [2.24, 2.45) is 0 Å². The molecule has 1 saturated heterocycles. The van der Waals surface area contributed by atoms with E-state index in [1.807, 2.05) is 0 Å². The molecule has 1 aliphatic heterocycles. The standard InChI is InChI=1S/C11H20N4O2S/c16-18(17,10-3-1-5-12-9-10)15-6-2-4-11-13-7-8-14-11/h7-8,10,12,15H,1-6,9H2,(H,13,14). The van der Waals surface area contributed by atoms with Crippen molar-refractivity contribution in [1.29, 1.82) is 0 Å². The van der Waals surface area contributed by atoms with Crippen LogP contribution in [0.4, 0.5) is 0 Å². The molecule has 7 heteroatoms. The third-order valence-corrected chi connectivity index (χ3v) is 5.03. The Morgan fingerprint density at radius 2 is 2.39 bits per heavy atom. The molecule has 1 unspecified atom stereocenters. The van der Waals surface area contributed by atoms with E-state index in [1.165, 1.54) is 0 Å². The molecule has 0 amide bonds. The monoisotopic (exact) mass is 272 g/mol. The number of aromatic amines is 1. The van der Waals surface area contributed by atoms with Crippen molar-refractivity contribution in [3.8, 4) is 0 Å². The first-order valence-corrected chi connectivity index (χ1v) is 7.90.